The van der Waals surface area contributed by atoms with Gasteiger partial charge in [-0.15, -0.1) is 0 Å². The Balaban J connectivity index is 1.51. The maximum absolute atomic E-state index is 11.4. The van der Waals surface area contributed by atoms with Gasteiger partial charge in [0.05, 0.1) is 6.61 Å². The van der Waals surface area contributed by atoms with Crippen molar-refractivity contribution < 1.29 is 9.53 Å². The Kier molecular flexibility index (Phi) is 3.83. The van der Waals surface area contributed by atoms with Crippen LogP contribution in [0.5, 0.6) is 0 Å². The van der Waals surface area contributed by atoms with E-state index in [0.717, 1.165) is 19.3 Å². The number of ether oxygens (including phenoxy) is 1. The van der Waals surface area contributed by atoms with Crippen molar-refractivity contribution in [2.45, 2.75) is 50.1 Å². The van der Waals surface area contributed by atoms with Gasteiger partial charge in [0.25, 0.3) is 0 Å². The van der Waals surface area contributed by atoms with Crippen molar-refractivity contribution in [3.63, 3.8) is 0 Å². The van der Waals surface area contributed by atoms with Gasteiger partial charge in [-0.1, -0.05) is 30.3 Å². The second-order valence-electron chi connectivity index (χ2n) is 5.63. The maximum Gasteiger partial charge on any atom is 0.323 e. The summed E-state index contributed by atoms with van der Waals surface area (Å²) in [5, 5.41) is 3.47. The smallest absolute Gasteiger partial charge is 0.323 e. The Morgan fingerprint density at radius 1 is 1.00 bits per heavy atom. The predicted molar refractivity (Wildman–Crippen MR) is 73.9 cm³/mol. The fourth-order valence-corrected chi connectivity index (χ4v) is 3.25. The van der Waals surface area contributed by atoms with E-state index in [1.165, 1.54) is 18.4 Å². The van der Waals surface area contributed by atoms with Gasteiger partial charge in [-0.25, -0.2) is 0 Å². The Morgan fingerprint density at radius 2 is 1.74 bits per heavy atom. The molecular formula is C16H21NO2. The van der Waals surface area contributed by atoms with Crippen LogP contribution in [0.4, 0.5) is 0 Å². The molecule has 3 rings (SSSR count). The van der Waals surface area contributed by atoms with Crippen molar-refractivity contribution in [2.75, 3.05) is 6.61 Å². The lowest BCUT2D eigenvalue weighted by Crippen LogP contribution is -2.42. The molecule has 0 bridgehead atoms. The van der Waals surface area contributed by atoms with Crippen LogP contribution in [-0.4, -0.2) is 24.7 Å². The van der Waals surface area contributed by atoms with Gasteiger partial charge >= 0.3 is 5.97 Å². The molecule has 0 aromatic heterocycles. The van der Waals surface area contributed by atoms with Crippen LogP contribution in [0, 0.1) is 0 Å². The summed E-state index contributed by atoms with van der Waals surface area (Å²) in [5.41, 5.74) is 1.46. The van der Waals surface area contributed by atoms with E-state index in [0.29, 0.717) is 18.6 Å². The average molecular weight is 259 g/mol. The van der Waals surface area contributed by atoms with E-state index in [4.69, 9.17) is 4.74 Å². The van der Waals surface area contributed by atoms with Gasteiger partial charge in [0, 0.05) is 12.5 Å². The quantitative estimate of drug-likeness (QED) is 0.848. The number of carbonyl (C=O) groups is 1. The molecule has 2 fully saturated rings. The Labute approximate surface area is 114 Å². The molecule has 1 saturated carbocycles. The zero-order valence-corrected chi connectivity index (χ0v) is 11.2. The number of cyclic esters (lactones) is 1. The van der Waals surface area contributed by atoms with E-state index in [1.54, 1.807) is 0 Å². The highest BCUT2D eigenvalue weighted by molar-refractivity contribution is 5.77. The normalized spacial score (nSPS) is 31.2. The third-order valence-corrected chi connectivity index (χ3v) is 4.37. The number of nitrogens with one attached hydrogen (secondary N) is 1. The third-order valence-electron chi connectivity index (χ3n) is 4.37. The molecule has 1 aromatic rings. The summed E-state index contributed by atoms with van der Waals surface area (Å²) in [7, 11) is 0. The molecule has 1 atom stereocenters. The minimum Gasteiger partial charge on any atom is -0.464 e. The van der Waals surface area contributed by atoms with Crippen LogP contribution in [0.15, 0.2) is 30.3 Å². The fraction of sp³-hybridized carbons (Fsp3) is 0.562. The SMILES string of the molecule is O=C1OCCC1NC1CCC(c2ccccc2)CC1. The van der Waals surface area contributed by atoms with Crippen LogP contribution in [0.2, 0.25) is 0 Å². The van der Waals surface area contributed by atoms with E-state index >= 15 is 0 Å². The number of carbonyl (C=O) groups excluding carboxylic acids is 1. The first-order chi connectivity index (χ1) is 9.33. The number of rotatable bonds is 3. The lowest BCUT2D eigenvalue weighted by atomic mass is 9.81. The number of benzene rings is 1. The molecule has 1 aromatic carbocycles. The summed E-state index contributed by atoms with van der Waals surface area (Å²) in [6.45, 7) is 0.579. The first-order valence-electron chi connectivity index (χ1n) is 7.30. The molecule has 1 unspecified atom stereocenters. The van der Waals surface area contributed by atoms with Gasteiger partial charge < -0.3 is 10.1 Å². The topological polar surface area (TPSA) is 38.3 Å². The predicted octanol–water partition coefficient (Wildman–Crippen LogP) is 2.62. The van der Waals surface area contributed by atoms with Crippen molar-refractivity contribution >= 4 is 5.97 Å². The molecule has 1 heterocycles. The monoisotopic (exact) mass is 259 g/mol. The van der Waals surface area contributed by atoms with Crippen LogP contribution >= 0.6 is 0 Å². The molecule has 1 saturated heterocycles. The maximum atomic E-state index is 11.4. The third kappa shape index (κ3) is 2.98. The summed E-state index contributed by atoms with van der Waals surface area (Å²) in [6.07, 6.45) is 5.57. The van der Waals surface area contributed by atoms with Crippen LogP contribution in [0.3, 0.4) is 0 Å². The van der Waals surface area contributed by atoms with Crippen LogP contribution in [-0.2, 0) is 9.53 Å². The summed E-state index contributed by atoms with van der Waals surface area (Å²) >= 11 is 0. The van der Waals surface area contributed by atoms with E-state index in [1.807, 2.05) is 0 Å². The molecule has 102 valence electrons. The van der Waals surface area contributed by atoms with Crippen molar-refractivity contribution in [3.8, 4) is 0 Å². The van der Waals surface area contributed by atoms with E-state index < -0.39 is 0 Å². The zero-order valence-electron chi connectivity index (χ0n) is 11.2. The lowest BCUT2D eigenvalue weighted by molar-refractivity contribution is -0.139. The van der Waals surface area contributed by atoms with Crippen molar-refractivity contribution in [1.82, 2.24) is 5.32 Å². The highest BCUT2D eigenvalue weighted by Crippen LogP contribution is 2.33. The van der Waals surface area contributed by atoms with Gasteiger partial charge in [-0.3, -0.25) is 4.79 Å². The van der Waals surface area contributed by atoms with Gasteiger partial charge in [0.1, 0.15) is 6.04 Å². The highest BCUT2D eigenvalue weighted by atomic mass is 16.5. The largest absolute Gasteiger partial charge is 0.464 e. The number of hydrogen-bond acceptors (Lipinski definition) is 3. The van der Waals surface area contributed by atoms with Crippen molar-refractivity contribution in [1.29, 1.82) is 0 Å². The molecule has 0 radical (unpaired) electrons. The molecule has 1 N–H and O–H groups in total. The number of hydrogen-bond donors (Lipinski definition) is 1. The minimum absolute atomic E-state index is 0.0572. The Bertz CT molecular complexity index is 424. The fourth-order valence-electron chi connectivity index (χ4n) is 3.25. The standard InChI is InChI=1S/C16H21NO2/c18-16-15(10-11-19-16)17-14-8-6-13(7-9-14)12-4-2-1-3-5-12/h1-5,13-15,17H,6-11H2. The van der Waals surface area contributed by atoms with E-state index in [9.17, 15) is 4.79 Å². The molecule has 2 aliphatic rings. The summed E-state index contributed by atoms with van der Waals surface area (Å²) in [5.74, 6) is 0.625. The van der Waals surface area contributed by atoms with Gasteiger partial charge in [0.15, 0.2) is 0 Å². The average Bonchev–Trinajstić information content (AvgIpc) is 2.86. The molecule has 1 aliphatic carbocycles. The molecular weight excluding hydrogens is 238 g/mol. The van der Waals surface area contributed by atoms with Gasteiger partial charge in [-0.2, -0.15) is 0 Å². The van der Waals surface area contributed by atoms with Crippen molar-refractivity contribution in [2.24, 2.45) is 0 Å². The van der Waals surface area contributed by atoms with Gasteiger partial charge in [0.2, 0.25) is 0 Å². The lowest BCUT2D eigenvalue weighted by Gasteiger charge is -2.30. The number of esters is 1. The zero-order chi connectivity index (χ0) is 13.1. The van der Waals surface area contributed by atoms with E-state index in [-0.39, 0.29) is 12.0 Å². The summed E-state index contributed by atoms with van der Waals surface area (Å²) in [4.78, 5) is 11.4. The molecule has 3 nitrogen and oxygen atoms in total. The Hall–Kier alpha value is -1.35. The van der Waals surface area contributed by atoms with Crippen LogP contribution in [0.1, 0.15) is 43.6 Å². The highest BCUT2D eigenvalue weighted by Gasteiger charge is 2.30. The minimum atomic E-state index is -0.0646. The summed E-state index contributed by atoms with van der Waals surface area (Å²) < 4.78 is 5.00. The van der Waals surface area contributed by atoms with Gasteiger partial charge in [-0.05, 0) is 37.2 Å². The first-order valence-corrected chi connectivity index (χ1v) is 7.30. The van der Waals surface area contributed by atoms with Crippen LogP contribution in [0.25, 0.3) is 0 Å². The Morgan fingerprint density at radius 3 is 2.37 bits per heavy atom. The molecule has 3 heteroatoms. The molecule has 0 spiro atoms. The summed E-state index contributed by atoms with van der Waals surface area (Å²) in [6, 6.07) is 11.2. The van der Waals surface area contributed by atoms with E-state index in [2.05, 4.69) is 35.6 Å². The first kappa shape index (κ1) is 12.7. The molecule has 19 heavy (non-hydrogen) atoms. The van der Waals surface area contributed by atoms with Crippen LogP contribution < -0.4 is 5.32 Å². The second-order valence-corrected chi connectivity index (χ2v) is 5.63. The molecule has 1 aliphatic heterocycles. The van der Waals surface area contributed by atoms with Crippen molar-refractivity contribution in [3.05, 3.63) is 35.9 Å². The second kappa shape index (κ2) is 5.74. The molecule has 0 amide bonds.